The standard InChI is InChI=1S/C13H16F2N4/c1-3-4-10-12(16)13(19(2)18-10)17-11-7-8(14)5-6-9(11)15/h5-7,17H,3-4,16H2,1-2H3. The van der Waals surface area contributed by atoms with Crippen molar-refractivity contribution in [2.75, 3.05) is 11.1 Å². The third kappa shape index (κ3) is 2.67. The summed E-state index contributed by atoms with van der Waals surface area (Å²) in [5, 5.41) is 7.05. The molecule has 0 spiro atoms. The molecule has 2 rings (SSSR count). The molecule has 1 aromatic carbocycles. The Balaban J connectivity index is 2.35. The minimum Gasteiger partial charge on any atom is -0.394 e. The van der Waals surface area contributed by atoms with Gasteiger partial charge >= 0.3 is 0 Å². The lowest BCUT2D eigenvalue weighted by Crippen LogP contribution is -2.03. The highest BCUT2D eigenvalue weighted by atomic mass is 19.1. The number of hydrogen-bond acceptors (Lipinski definition) is 3. The van der Waals surface area contributed by atoms with E-state index in [1.54, 1.807) is 7.05 Å². The van der Waals surface area contributed by atoms with Gasteiger partial charge in [-0.1, -0.05) is 13.3 Å². The summed E-state index contributed by atoms with van der Waals surface area (Å²) in [5.41, 5.74) is 7.22. The number of aromatic nitrogens is 2. The van der Waals surface area contributed by atoms with Gasteiger partial charge in [-0.3, -0.25) is 4.68 Å². The van der Waals surface area contributed by atoms with Crippen molar-refractivity contribution in [1.82, 2.24) is 9.78 Å². The van der Waals surface area contributed by atoms with Gasteiger partial charge in [0.1, 0.15) is 11.6 Å². The first-order valence-corrected chi connectivity index (χ1v) is 6.06. The fourth-order valence-corrected chi connectivity index (χ4v) is 1.89. The molecule has 2 aromatic rings. The van der Waals surface area contributed by atoms with Crippen LogP contribution in [-0.2, 0) is 13.5 Å². The average molecular weight is 266 g/mol. The van der Waals surface area contributed by atoms with Crippen molar-refractivity contribution in [3.8, 4) is 0 Å². The second-order valence-electron chi connectivity index (χ2n) is 4.33. The number of aryl methyl sites for hydroxylation is 2. The molecule has 0 saturated carbocycles. The molecule has 6 heteroatoms. The summed E-state index contributed by atoms with van der Waals surface area (Å²) < 4.78 is 28.2. The van der Waals surface area contributed by atoms with E-state index in [9.17, 15) is 8.78 Å². The molecule has 0 unspecified atom stereocenters. The van der Waals surface area contributed by atoms with Gasteiger partial charge in [0.25, 0.3) is 0 Å². The minimum atomic E-state index is -0.543. The molecule has 1 heterocycles. The number of nitrogens with two attached hydrogens (primary N) is 1. The van der Waals surface area contributed by atoms with E-state index in [-0.39, 0.29) is 5.69 Å². The minimum absolute atomic E-state index is 0.0396. The molecular formula is C13H16F2N4. The van der Waals surface area contributed by atoms with Crippen LogP contribution >= 0.6 is 0 Å². The zero-order valence-corrected chi connectivity index (χ0v) is 10.9. The van der Waals surface area contributed by atoms with Crippen LogP contribution in [0.4, 0.5) is 26.0 Å². The van der Waals surface area contributed by atoms with Gasteiger partial charge in [0.15, 0.2) is 5.82 Å². The quantitative estimate of drug-likeness (QED) is 0.894. The van der Waals surface area contributed by atoms with Crippen molar-refractivity contribution < 1.29 is 8.78 Å². The van der Waals surface area contributed by atoms with E-state index in [0.29, 0.717) is 11.5 Å². The summed E-state index contributed by atoms with van der Waals surface area (Å²) in [6.45, 7) is 2.02. The zero-order chi connectivity index (χ0) is 14.0. The van der Waals surface area contributed by atoms with Crippen LogP contribution in [-0.4, -0.2) is 9.78 Å². The Morgan fingerprint density at radius 1 is 1.37 bits per heavy atom. The molecule has 0 radical (unpaired) electrons. The number of rotatable bonds is 4. The maximum Gasteiger partial charge on any atom is 0.152 e. The molecule has 0 fully saturated rings. The maximum atomic E-state index is 13.6. The van der Waals surface area contributed by atoms with Crippen LogP contribution in [0, 0.1) is 11.6 Å². The van der Waals surface area contributed by atoms with Crippen molar-refractivity contribution in [2.45, 2.75) is 19.8 Å². The fourth-order valence-electron chi connectivity index (χ4n) is 1.89. The van der Waals surface area contributed by atoms with Crippen LogP contribution in [0.25, 0.3) is 0 Å². The molecule has 19 heavy (non-hydrogen) atoms. The van der Waals surface area contributed by atoms with E-state index in [4.69, 9.17) is 5.73 Å². The van der Waals surface area contributed by atoms with Gasteiger partial charge in [0, 0.05) is 13.1 Å². The van der Waals surface area contributed by atoms with Crippen LogP contribution in [0.1, 0.15) is 19.0 Å². The number of anilines is 3. The zero-order valence-electron chi connectivity index (χ0n) is 10.9. The topological polar surface area (TPSA) is 55.9 Å². The van der Waals surface area contributed by atoms with Crippen molar-refractivity contribution in [2.24, 2.45) is 7.05 Å². The molecule has 0 amide bonds. The molecule has 3 N–H and O–H groups in total. The molecule has 0 aliphatic rings. The maximum absolute atomic E-state index is 13.6. The van der Waals surface area contributed by atoms with E-state index in [1.165, 1.54) is 4.68 Å². The molecule has 102 valence electrons. The molecular weight excluding hydrogens is 250 g/mol. The number of halogens is 2. The van der Waals surface area contributed by atoms with E-state index in [1.807, 2.05) is 6.92 Å². The summed E-state index contributed by atoms with van der Waals surface area (Å²) in [5.74, 6) is -0.592. The number of hydrogen-bond donors (Lipinski definition) is 2. The lowest BCUT2D eigenvalue weighted by molar-refractivity contribution is 0.603. The third-order valence-electron chi connectivity index (χ3n) is 2.83. The largest absolute Gasteiger partial charge is 0.394 e. The predicted octanol–water partition coefficient (Wildman–Crippen LogP) is 2.98. The Morgan fingerprint density at radius 2 is 2.11 bits per heavy atom. The average Bonchev–Trinajstić information content (AvgIpc) is 2.62. The highest BCUT2D eigenvalue weighted by Gasteiger charge is 2.14. The molecule has 4 nitrogen and oxygen atoms in total. The SMILES string of the molecule is CCCc1nn(C)c(Nc2cc(F)ccc2F)c1N. The molecule has 0 aliphatic heterocycles. The molecule has 1 aromatic heterocycles. The van der Waals surface area contributed by atoms with Gasteiger partial charge in [-0.05, 0) is 18.6 Å². The molecule has 0 bridgehead atoms. The number of nitrogens with zero attached hydrogens (tertiary/aromatic N) is 2. The van der Waals surface area contributed by atoms with Gasteiger partial charge in [-0.2, -0.15) is 5.10 Å². The smallest absolute Gasteiger partial charge is 0.152 e. The summed E-state index contributed by atoms with van der Waals surface area (Å²) in [7, 11) is 1.70. The molecule has 0 aliphatic carbocycles. The summed E-state index contributed by atoms with van der Waals surface area (Å²) in [4.78, 5) is 0. The predicted molar refractivity (Wildman–Crippen MR) is 71.3 cm³/mol. The monoisotopic (exact) mass is 266 g/mol. The Morgan fingerprint density at radius 3 is 2.79 bits per heavy atom. The van der Waals surface area contributed by atoms with Crippen LogP contribution in [0.2, 0.25) is 0 Å². The summed E-state index contributed by atoms with van der Waals surface area (Å²) in [6, 6.07) is 3.22. The van der Waals surface area contributed by atoms with E-state index < -0.39 is 11.6 Å². The van der Waals surface area contributed by atoms with Crippen molar-refractivity contribution in [3.63, 3.8) is 0 Å². The van der Waals surface area contributed by atoms with Crippen LogP contribution in [0.15, 0.2) is 18.2 Å². The Kier molecular flexibility index (Phi) is 3.69. The first-order chi connectivity index (χ1) is 9.02. The first-order valence-electron chi connectivity index (χ1n) is 6.06. The normalized spacial score (nSPS) is 10.7. The Hall–Kier alpha value is -2.11. The van der Waals surface area contributed by atoms with Crippen LogP contribution in [0.5, 0.6) is 0 Å². The van der Waals surface area contributed by atoms with Gasteiger partial charge in [0.2, 0.25) is 0 Å². The lowest BCUT2D eigenvalue weighted by atomic mass is 10.2. The number of nitrogen functional groups attached to an aromatic ring is 1. The van der Waals surface area contributed by atoms with E-state index in [2.05, 4.69) is 10.4 Å². The number of nitrogens with one attached hydrogen (secondary N) is 1. The first kappa shape index (κ1) is 13.3. The van der Waals surface area contributed by atoms with Gasteiger partial charge < -0.3 is 11.1 Å². The summed E-state index contributed by atoms with van der Waals surface area (Å²) >= 11 is 0. The highest BCUT2D eigenvalue weighted by Crippen LogP contribution is 2.28. The molecule has 0 saturated heterocycles. The van der Waals surface area contributed by atoms with Crippen molar-refractivity contribution in [3.05, 3.63) is 35.5 Å². The van der Waals surface area contributed by atoms with Crippen LogP contribution in [0.3, 0.4) is 0 Å². The van der Waals surface area contributed by atoms with E-state index in [0.717, 1.165) is 36.7 Å². The van der Waals surface area contributed by atoms with Crippen LogP contribution < -0.4 is 11.1 Å². The fraction of sp³-hybridized carbons (Fsp3) is 0.308. The summed E-state index contributed by atoms with van der Waals surface area (Å²) in [6.07, 6.45) is 1.65. The molecule has 0 atom stereocenters. The lowest BCUT2D eigenvalue weighted by Gasteiger charge is -2.08. The third-order valence-corrected chi connectivity index (χ3v) is 2.83. The van der Waals surface area contributed by atoms with Crippen molar-refractivity contribution >= 4 is 17.2 Å². The van der Waals surface area contributed by atoms with E-state index >= 15 is 0 Å². The Bertz CT molecular complexity index is 593. The Labute approximate surface area is 110 Å². The van der Waals surface area contributed by atoms with Gasteiger partial charge in [-0.15, -0.1) is 0 Å². The van der Waals surface area contributed by atoms with Crippen molar-refractivity contribution in [1.29, 1.82) is 0 Å². The highest BCUT2D eigenvalue weighted by molar-refractivity contribution is 5.71. The van der Waals surface area contributed by atoms with Gasteiger partial charge in [-0.25, -0.2) is 8.78 Å². The second kappa shape index (κ2) is 5.26. The second-order valence-corrected chi connectivity index (χ2v) is 4.33. The van der Waals surface area contributed by atoms with Gasteiger partial charge in [0.05, 0.1) is 17.1 Å². The number of benzene rings is 1.